The van der Waals surface area contributed by atoms with Crippen molar-refractivity contribution in [2.75, 3.05) is 19.0 Å². The van der Waals surface area contributed by atoms with E-state index in [2.05, 4.69) is 15.6 Å². The van der Waals surface area contributed by atoms with Crippen molar-refractivity contribution in [3.8, 4) is 17.1 Å². The van der Waals surface area contributed by atoms with Gasteiger partial charge >= 0.3 is 0 Å². The number of hydrogen-bond acceptors (Lipinski definition) is 7. The Bertz CT molecular complexity index is 1560. The molecule has 1 aliphatic rings. The van der Waals surface area contributed by atoms with Gasteiger partial charge in [-0.3, -0.25) is 19.9 Å². The summed E-state index contributed by atoms with van der Waals surface area (Å²) in [5, 5.41) is 18.0. The third-order valence-corrected chi connectivity index (χ3v) is 7.01. The summed E-state index contributed by atoms with van der Waals surface area (Å²) in [6.07, 6.45) is 1.91. The average molecular weight is 558 g/mol. The van der Waals surface area contributed by atoms with Crippen LogP contribution >= 0.6 is 12.2 Å². The fourth-order valence-electron chi connectivity index (χ4n) is 4.78. The summed E-state index contributed by atoms with van der Waals surface area (Å²) >= 11 is 5.70. The number of carbonyl (C=O) groups excluding carboxylic acids is 1. The Morgan fingerprint density at radius 2 is 2.02 bits per heavy atom. The molecule has 0 aliphatic carbocycles. The second-order valence-corrected chi connectivity index (χ2v) is 9.72. The molecule has 1 aliphatic heterocycles. The molecular formula is C29H27N5O5S. The number of ether oxygens (including phenoxy) is 1. The number of nitrogens with zero attached hydrogens (tertiary/aromatic N) is 3. The monoisotopic (exact) mass is 557 g/mol. The Hall–Kier alpha value is -4.77. The lowest BCUT2D eigenvalue weighted by Gasteiger charge is -2.25. The maximum atomic E-state index is 12.8. The highest BCUT2D eigenvalue weighted by molar-refractivity contribution is 7.80. The second-order valence-electron chi connectivity index (χ2n) is 9.33. The van der Waals surface area contributed by atoms with Crippen LogP contribution in [0.1, 0.15) is 35.5 Å². The molecule has 0 radical (unpaired) electrons. The molecule has 5 rings (SSSR count). The number of anilines is 1. The third-order valence-electron chi connectivity index (χ3n) is 6.66. The Labute approximate surface area is 236 Å². The molecule has 0 unspecified atom stereocenters. The number of aromatic nitrogens is 1. The summed E-state index contributed by atoms with van der Waals surface area (Å²) in [4.78, 5) is 30.0. The number of nitro benzene ring substituents is 1. The number of thiocarbonyl (C=S) groups is 1. The minimum Gasteiger partial charge on any atom is -0.496 e. The molecule has 4 aromatic rings. The number of methoxy groups -OCH3 is 1. The van der Waals surface area contributed by atoms with Crippen LogP contribution in [0, 0.1) is 17.0 Å². The van der Waals surface area contributed by atoms with Gasteiger partial charge in [0.25, 0.3) is 5.69 Å². The number of pyridine rings is 1. The molecular weight excluding hydrogens is 530 g/mol. The van der Waals surface area contributed by atoms with Crippen LogP contribution in [0.3, 0.4) is 0 Å². The van der Waals surface area contributed by atoms with Crippen LogP contribution in [-0.4, -0.2) is 39.5 Å². The van der Waals surface area contributed by atoms with E-state index in [-0.39, 0.29) is 24.1 Å². The Morgan fingerprint density at radius 1 is 1.18 bits per heavy atom. The van der Waals surface area contributed by atoms with Crippen molar-refractivity contribution in [2.45, 2.75) is 25.4 Å². The number of nitro groups is 1. The minimum absolute atomic E-state index is 0.0805. The summed E-state index contributed by atoms with van der Waals surface area (Å²) in [6, 6.07) is 20.5. The lowest BCUT2D eigenvalue weighted by atomic mass is 10.0. The summed E-state index contributed by atoms with van der Waals surface area (Å²) in [6.45, 7) is 2.31. The smallest absolute Gasteiger partial charge is 0.273 e. The van der Waals surface area contributed by atoms with Crippen LogP contribution in [0.2, 0.25) is 0 Å². The van der Waals surface area contributed by atoms with Gasteiger partial charge in [0.1, 0.15) is 23.3 Å². The average Bonchev–Trinajstić information content (AvgIpc) is 3.56. The van der Waals surface area contributed by atoms with Crippen molar-refractivity contribution in [3.05, 3.63) is 106 Å². The largest absolute Gasteiger partial charge is 0.496 e. The van der Waals surface area contributed by atoms with Crippen molar-refractivity contribution in [3.63, 3.8) is 0 Å². The van der Waals surface area contributed by atoms with Crippen LogP contribution in [0.5, 0.6) is 5.75 Å². The first-order chi connectivity index (χ1) is 19.3. The van der Waals surface area contributed by atoms with Crippen LogP contribution in [0.25, 0.3) is 11.3 Å². The molecule has 2 atom stereocenters. The van der Waals surface area contributed by atoms with Gasteiger partial charge in [0.15, 0.2) is 5.11 Å². The molecule has 2 N–H and O–H groups in total. The quantitative estimate of drug-likeness (QED) is 0.154. The number of non-ortho nitro benzene ring substituents is 1. The molecule has 0 bridgehead atoms. The number of carbonyl (C=O) groups is 1. The number of amides is 1. The highest BCUT2D eigenvalue weighted by atomic mass is 32.1. The molecule has 3 heterocycles. The second kappa shape index (κ2) is 11.5. The summed E-state index contributed by atoms with van der Waals surface area (Å²) in [5.74, 6) is 1.26. The lowest BCUT2D eigenvalue weighted by Crippen LogP contribution is -2.32. The zero-order valence-corrected chi connectivity index (χ0v) is 22.7. The molecule has 2 aromatic carbocycles. The number of nitrogens with one attached hydrogen (secondary N) is 2. The van der Waals surface area contributed by atoms with Gasteiger partial charge in [0, 0.05) is 30.9 Å². The van der Waals surface area contributed by atoms with E-state index in [4.69, 9.17) is 21.4 Å². The topological polar surface area (TPSA) is 123 Å². The molecule has 0 saturated carbocycles. The van der Waals surface area contributed by atoms with E-state index in [1.54, 1.807) is 18.3 Å². The number of aryl methyl sites for hydroxylation is 1. The Morgan fingerprint density at radius 3 is 2.75 bits per heavy atom. The molecule has 2 aromatic heterocycles. The Balaban J connectivity index is 1.43. The number of furan rings is 1. The Kier molecular flexibility index (Phi) is 7.74. The van der Waals surface area contributed by atoms with Gasteiger partial charge < -0.3 is 24.7 Å². The minimum atomic E-state index is -0.477. The van der Waals surface area contributed by atoms with Gasteiger partial charge in [-0.1, -0.05) is 18.2 Å². The molecule has 0 spiro atoms. The summed E-state index contributed by atoms with van der Waals surface area (Å²) in [7, 11) is 1.45. The number of hydrogen-bond donors (Lipinski definition) is 2. The van der Waals surface area contributed by atoms with E-state index in [0.717, 1.165) is 16.9 Å². The molecule has 1 saturated heterocycles. The number of rotatable bonds is 9. The van der Waals surface area contributed by atoms with Gasteiger partial charge in [0.2, 0.25) is 5.91 Å². The van der Waals surface area contributed by atoms with Crippen molar-refractivity contribution in [1.29, 1.82) is 0 Å². The zero-order chi connectivity index (χ0) is 28.2. The van der Waals surface area contributed by atoms with Crippen molar-refractivity contribution in [1.82, 2.24) is 15.2 Å². The van der Waals surface area contributed by atoms with Crippen molar-refractivity contribution >= 4 is 34.6 Å². The number of benzene rings is 2. The molecule has 1 fully saturated rings. The zero-order valence-electron chi connectivity index (χ0n) is 21.9. The van der Waals surface area contributed by atoms with Crippen LogP contribution in [0.4, 0.5) is 11.4 Å². The van der Waals surface area contributed by atoms with Crippen LogP contribution in [0.15, 0.2) is 83.4 Å². The first-order valence-electron chi connectivity index (χ1n) is 12.6. The van der Waals surface area contributed by atoms with Gasteiger partial charge in [-0.15, -0.1) is 0 Å². The van der Waals surface area contributed by atoms with E-state index in [9.17, 15) is 14.9 Å². The predicted octanol–water partition coefficient (Wildman–Crippen LogP) is 5.57. The predicted molar refractivity (Wildman–Crippen MR) is 154 cm³/mol. The molecule has 204 valence electrons. The van der Waals surface area contributed by atoms with E-state index in [0.29, 0.717) is 34.5 Å². The molecule has 10 nitrogen and oxygen atoms in total. The molecule has 1 amide bonds. The highest BCUT2D eigenvalue weighted by Gasteiger charge is 2.41. The fourth-order valence-corrected chi connectivity index (χ4v) is 5.11. The molecule has 40 heavy (non-hydrogen) atoms. The summed E-state index contributed by atoms with van der Waals surface area (Å²) < 4.78 is 11.7. The van der Waals surface area contributed by atoms with Gasteiger partial charge in [-0.2, -0.15) is 0 Å². The van der Waals surface area contributed by atoms with Gasteiger partial charge in [-0.05, 0) is 67.2 Å². The van der Waals surface area contributed by atoms with Crippen LogP contribution in [-0.2, 0) is 4.79 Å². The van der Waals surface area contributed by atoms with E-state index < -0.39 is 11.0 Å². The lowest BCUT2D eigenvalue weighted by molar-refractivity contribution is -0.384. The fraction of sp³-hybridized carbons (Fsp3) is 0.207. The van der Waals surface area contributed by atoms with Gasteiger partial charge in [-0.25, -0.2) is 0 Å². The first-order valence-corrected chi connectivity index (χ1v) is 13.0. The third kappa shape index (κ3) is 5.64. The van der Waals surface area contributed by atoms with E-state index >= 15 is 0 Å². The molecule has 11 heteroatoms. The first kappa shape index (κ1) is 26.8. The van der Waals surface area contributed by atoms with Gasteiger partial charge in [0.05, 0.1) is 35.4 Å². The van der Waals surface area contributed by atoms with Crippen LogP contribution < -0.4 is 15.4 Å². The van der Waals surface area contributed by atoms with Crippen molar-refractivity contribution in [2.24, 2.45) is 0 Å². The van der Waals surface area contributed by atoms with E-state index in [1.165, 1.54) is 19.2 Å². The standard InChI is InChI=1S/C29H27N5O5S/c1-18-6-5-7-19(16-18)31-26(35)13-15-33-28(27(32-29(33)40)22-8-3-4-14-30-22)24-12-11-23(39-24)21-10-9-20(34(36)37)17-25(21)38-2/h3-12,14,16-17,27-28H,13,15H2,1-2H3,(H,31,35)(H,32,40)/t27-,28-/m0/s1. The maximum Gasteiger partial charge on any atom is 0.273 e. The normalized spacial score (nSPS) is 16.4. The van der Waals surface area contributed by atoms with Crippen molar-refractivity contribution < 1.29 is 18.9 Å². The highest BCUT2D eigenvalue weighted by Crippen LogP contribution is 2.42. The summed E-state index contributed by atoms with van der Waals surface area (Å²) in [5.41, 5.74) is 3.06. The SMILES string of the molecule is COc1cc([N+](=O)[O-])ccc1-c1ccc([C@H]2[C@H](c3ccccn3)NC(=S)N2CCC(=O)Nc2cccc(C)c2)o1. The van der Waals surface area contributed by atoms with E-state index in [1.807, 2.05) is 60.4 Å². The maximum absolute atomic E-state index is 12.8.